The molecule has 0 unspecified atom stereocenters. The molecule has 0 bridgehead atoms. The largest absolute Gasteiger partial charge is 0.439 e. The summed E-state index contributed by atoms with van der Waals surface area (Å²) in [6.07, 6.45) is 4.75. The van der Waals surface area contributed by atoms with Gasteiger partial charge in [0.05, 0.1) is 0 Å². The molecular formula is C10H13NO. The minimum absolute atomic E-state index is 0.801. The van der Waals surface area contributed by atoms with Crippen molar-refractivity contribution < 1.29 is 4.74 Å². The summed E-state index contributed by atoms with van der Waals surface area (Å²) >= 11 is 0. The third-order valence-corrected chi connectivity index (χ3v) is 2.49. The topological polar surface area (TPSA) is 21.6 Å². The fraction of sp³-hybridized carbons (Fsp3) is 0.500. The molecule has 0 spiro atoms. The number of hydrogen-bond donors (Lipinski definition) is 0. The minimum atomic E-state index is 0.801. The van der Waals surface area contributed by atoms with E-state index in [1.54, 1.807) is 7.05 Å². The summed E-state index contributed by atoms with van der Waals surface area (Å²) in [5.41, 5.74) is 2.61. The molecule has 0 aromatic carbocycles. The van der Waals surface area contributed by atoms with Crippen LogP contribution in [0.1, 0.15) is 25.7 Å². The van der Waals surface area contributed by atoms with Gasteiger partial charge in [-0.25, -0.2) is 0 Å². The average Bonchev–Trinajstić information content (AvgIpc) is 2.44. The maximum atomic E-state index is 5.44. The van der Waals surface area contributed by atoms with Crippen LogP contribution < -0.4 is 0 Å². The highest BCUT2D eigenvalue weighted by Crippen LogP contribution is 2.36. The van der Waals surface area contributed by atoms with Crippen molar-refractivity contribution in [3.63, 3.8) is 0 Å². The summed E-state index contributed by atoms with van der Waals surface area (Å²) in [6, 6.07) is 0. The smallest absolute Gasteiger partial charge is 0.218 e. The van der Waals surface area contributed by atoms with Crippen LogP contribution in [0.25, 0.3) is 0 Å². The Hall–Kier alpha value is -1.05. The van der Waals surface area contributed by atoms with E-state index in [1.165, 1.54) is 24.0 Å². The molecule has 1 aliphatic heterocycles. The van der Waals surface area contributed by atoms with E-state index in [-0.39, 0.29) is 0 Å². The van der Waals surface area contributed by atoms with Gasteiger partial charge in [0.2, 0.25) is 5.90 Å². The second-order valence-corrected chi connectivity index (χ2v) is 3.22. The molecule has 1 aliphatic carbocycles. The number of aliphatic imine (C=N–C) groups is 1. The molecule has 2 nitrogen and oxygen atoms in total. The van der Waals surface area contributed by atoms with Crippen molar-refractivity contribution in [2.24, 2.45) is 4.99 Å². The Labute approximate surface area is 72.6 Å². The van der Waals surface area contributed by atoms with E-state index in [9.17, 15) is 0 Å². The van der Waals surface area contributed by atoms with Gasteiger partial charge < -0.3 is 4.74 Å². The summed E-state index contributed by atoms with van der Waals surface area (Å²) in [7, 11) is 1.77. The lowest BCUT2D eigenvalue weighted by molar-refractivity contribution is 0.442. The predicted molar refractivity (Wildman–Crippen MR) is 49.1 cm³/mol. The van der Waals surface area contributed by atoms with Gasteiger partial charge in [0.15, 0.2) is 0 Å². The van der Waals surface area contributed by atoms with Gasteiger partial charge in [-0.05, 0) is 25.7 Å². The van der Waals surface area contributed by atoms with Gasteiger partial charge in [-0.15, -0.1) is 0 Å². The Balaban J connectivity index is 2.40. The zero-order valence-electron chi connectivity index (χ0n) is 7.39. The first-order valence-corrected chi connectivity index (χ1v) is 4.39. The van der Waals surface area contributed by atoms with E-state index < -0.39 is 0 Å². The van der Waals surface area contributed by atoms with Gasteiger partial charge in [0, 0.05) is 18.2 Å². The number of allylic oxidation sites excluding steroid dienone is 1. The summed E-state index contributed by atoms with van der Waals surface area (Å²) in [5, 5.41) is 0. The molecule has 0 fully saturated rings. The molecule has 0 aromatic rings. The standard InChI is InChI=1S/C10H13NO/c1-7-8-5-3-4-6-9(8)10(11-2)12-7/h1,3-6H2,2H3. The molecular weight excluding hydrogens is 150 g/mol. The molecule has 1 heterocycles. The molecule has 0 saturated heterocycles. The summed E-state index contributed by atoms with van der Waals surface area (Å²) < 4.78 is 5.44. The van der Waals surface area contributed by atoms with Crippen molar-refractivity contribution >= 4 is 5.90 Å². The third-order valence-electron chi connectivity index (χ3n) is 2.49. The van der Waals surface area contributed by atoms with Crippen LogP contribution in [0.2, 0.25) is 0 Å². The Bertz CT molecular complexity index is 286. The quantitative estimate of drug-likeness (QED) is 0.537. The lowest BCUT2D eigenvalue weighted by atomic mass is 9.92. The highest BCUT2D eigenvalue weighted by Gasteiger charge is 2.27. The van der Waals surface area contributed by atoms with Crippen LogP contribution in [0.5, 0.6) is 0 Å². The predicted octanol–water partition coefficient (Wildman–Crippen LogP) is 2.43. The molecule has 2 aliphatic rings. The molecule has 0 amide bonds. The summed E-state index contributed by atoms with van der Waals surface area (Å²) in [4.78, 5) is 4.10. The highest BCUT2D eigenvalue weighted by atomic mass is 16.5. The number of hydrogen-bond acceptors (Lipinski definition) is 2. The summed E-state index contributed by atoms with van der Waals surface area (Å²) in [5.74, 6) is 1.62. The SMILES string of the molecule is C=C1OC(=NC)C2=C1CCCC2. The van der Waals surface area contributed by atoms with Crippen molar-refractivity contribution in [2.45, 2.75) is 25.7 Å². The maximum absolute atomic E-state index is 5.44. The Morgan fingerprint density at radius 3 is 2.58 bits per heavy atom. The second-order valence-electron chi connectivity index (χ2n) is 3.22. The Morgan fingerprint density at radius 1 is 1.25 bits per heavy atom. The molecule has 2 heteroatoms. The van der Waals surface area contributed by atoms with E-state index in [2.05, 4.69) is 11.6 Å². The highest BCUT2D eigenvalue weighted by molar-refractivity contribution is 5.98. The fourth-order valence-electron chi connectivity index (χ4n) is 1.87. The van der Waals surface area contributed by atoms with Crippen molar-refractivity contribution in [1.82, 2.24) is 0 Å². The monoisotopic (exact) mass is 163 g/mol. The molecule has 0 N–H and O–H groups in total. The van der Waals surface area contributed by atoms with Crippen molar-refractivity contribution in [2.75, 3.05) is 7.05 Å². The normalized spacial score (nSPS) is 26.1. The lowest BCUT2D eigenvalue weighted by Gasteiger charge is -2.10. The van der Waals surface area contributed by atoms with Gasteiger partial charge in [0.25, 0.3) is 0 Å². The third kappa shape index (κ3) is 0.986. The van der Waals surface area contributed by atoms with Gasteiger partial charge in [-0.1, -0.05) is 6.58 Å². The molecule has 64 valence electrons. The molecule has 0 saturated carbocycles. The van der Waals surface area contributed by atoms with E-state index in [0.717, 1.165) is 24.5 Å². The van der Waals surface area contributed by atoms with Crippen LogP contribution in [-0.4, -0.2) is 12.9 Å². The van der Waals surface area contributed by atoms with Gasteiger partial charge in [-0.2, -0.15) is 0 Å². The maximum Gasteiger partial charge on any atom is 0.218 e. The van der Waals surface area contributed by atoms with E-state index in [1.807, 2.05) is 0 Å². The first-order chi connectivity index (χ1) is 5.83. The van der Waals surface area contributed by atoms with Crippen molar-refractivity contribution in [3.8, 4) is 0 Å². The van der Waals surface area contributed by atoms with Crippen LogP contribution >= 0.6 is 0 Å². The Kier molecular flexibility index (Phi) is 1.75. The van der Waals surface area contributed by atoms with Crippen LogP contribution in [0.4, 0.5) is 0 Å². The number of ether oxygens (including phenoxy) is 1. The molecule has 12 heavy (non-hydrogen) atoms. The van der Waals surface area contributed by atoms with E-state index >= 15 is 0 Å². The van der Waals surface area contributed by atoms with E-state index in [4.69, 9.17) is 4.74 Å². The first-order valence-electron chi connectivity index (χ1n) is 4.39. The zero-order valence-corrected chi connectivity index (χ0v) is 7.39. The summed E-state index contributed by atoms with van der Waals surface area (Å²) in [6.45, 7) is 3.88. The minimum Gasteiger partial charge on any atom is -0.439 e. The fourth-order valence-corrected chi connectivity index (χ4v) is 1.87. The molecule has 2 rings (SSSR count). The van der Waals surface area contributed by atoms with Crippen LogP contribution in [0.15, 0.2) is 28.5 Å². The first kappa shape index (κ1) is 7.59. The number of rotatable bonds is 0. The van der Waals surface area contributed by atoms with Gasteiger partial charge in [-0.3, -0.25) is 4.99 Å². The zero-order chi connectivity index (χ0) is 8.55. The Morgan fingerprint density at radius 2 is 1.92 bits per heavy atom. The van der Waals surface area contributed by atoms with Gasteiger partial charge >= 0.3 is 0 Å². The van der Waals surface area contributed by atoms with Crippen molar-refractivity contribution in [3.05, 3.63) is 23.5 Å². The average molecular weight is 163 g/mol. The number of nitrogens with zero attached hydrogens (tertiary/aromatic N) is 1. The molecule has 0 aromatic heterocycles. The second kappa shape index (κ2) is 2.77. The molecule has 0 radical (unpaired) electrons. The van der Waals surface area contributed by atoms with Crippen molar-refractivity contribution in [1.29, 1.82) is 0 Å². The lowest BCUT2D eigenvalue weighted by Crippen LogP contribution is -2.02. The van der Waals surface area contributed by atoms with Crippen LogP contribution in [-0.2, 0) is 4.74 Å². The van der Waals surface area contributed by atoms with Gasteiger partial charge in [0.1, 0.15) is 5.76 Å². The van der Waals surface area contributed by atoms with Crippen LogP contribution in [0, 0.1) is 0 Å². The van der Waals surface area contributed by atoms with E-state index in [0.29, 0.717) is 0 Å². The van der Waals surface area contributed by atoms with Crippen LogP contribution in [0.3, 0.4) is 0 Å². The molecule has 0 atom stereocenters.